The molecular weight excluding hydrogens is 464 g/mol. The molecule has 0 radical (unpaired) electrons. The van der Waals surface area contributed by atoms with Crippen LogP contribution in [0.2, 0.25) is 0 Å². The van der Waals surface area contributed by atoms with Gasteiger partial charge < -0.3 is 10.2 Å². The summed E-state index contributed by atoms with van der Waals surface area (Å²) in [5.74, 6) is -3.40. The summed E-state index contributed by atoms with van der Waals surface area (Å²) < 4.78 is 52.7. The molecule has 0 fully saturated rings. The third-order valence-electron chi connectivity index (χ3n) is 5.30. The fourth-order valence-corrected chi connectivity index (χ4v) is 4.22. The number of carbonyl (C=O) groups is 2. The second kappa shape index (κ2) is 11.9. The predicted molar refractivity (Wildman–Crippen MR) is 128 cm³/mol. The van der Waals surface area contributed by atoms with Gasteiger partial charge in [0.05, 0.1) is 11.9 Å². The summed E-state index contributed by atoms with van der Waals surface area (Å²) in [4.78, 5) is 27.4. The first-order valence-electron chi connectivity index (χ1n) is 11.0. The van der Waals surface area contributed by atoms with Crippen LogP contribution in [-0.2, 0) is 26.2 Å². The molecule has 0 heterocycles. The molecule has 2 amide bonds. The second-order valence-electron chi connectivity index (χ2n) is 8.20. The van der Waals surface area contributed by atoms with Gasteiger partial charge in [0.2, 0.25) is 21.8 Å². The Morgan fingerprint density at radius 1 is 1.09 bits per heavy atom. The number of hydrogen-bond donors (Lipinski definition) is 1. The van der Waals surface area contributed by atoms with Crippen molar-refractivity contribution in [3.05, 3.63) is 65.2 Å². The van der Waals surface area contributed by atoms with E-state index in [0.29, 0.717) is 10.8 Å². The first-order chi connectivity index (χ1) is 15.9. The molecule has 0 saturated carbocycles. The fraction of sp³-hybridized carbons (Fsp3) is 0.417. The van der Waals surface area contributed by atoms with Gasteiger partial charge in [-0.2, -0.15) is 0 Å². The summed E-state index contributed by atoms with van der Waals surface area (Å²) in [7, 11) is -4.02. The van der Waals surface area contributed by atoms with Gasteiger partial charge in [-0.25, -0.2) is 17.2 Å². The van der Waals surface area contributed by atoms with Crippen molar-refractivity contribution >= 4 is 27.5 Å². The van der Waals surface area contributed by atoms with Gasteiger partial charge >= 0.3 is 0 Å². The van der Waals surface area contributed by atoms with Crippen molar-refractivity contribution in [2.45, 2.75) is 46.2 Å². The number of amides is 2. The van der Waals surface area contributed by atoms with Gasteiger partial charge in [0.15, 0.2) is 11.6 Å². The third-order valence-corrected chi connectivity index (χ3v) is 6.44. The second-order valence-corrected chi connectivity index (χ2v) is 10.1. The van der Waals surface area contributed by atoms with Crippen LogP contribution in [0.5, 0.6) is 0 Å². The normalized spacial score (nSPS) is 12.2. The Bertz CT molecular complexity index is 1120. The highest BCUT2D eigenvalue weighted by molar-refractivity contribution is 7.92. The fourth-order valence-electron chi connectivity index (χ4n) is 3.38. The van der Waals surface area contributed by atoms with Gasteiger partial charge in [-0.05, 0) is 38.0 Å². The van der Waals surface area contributed by atoms with E-state index in [1.165, 1.54) is 4.90 Å². The maximum atomic E-state index is 13.8. The molecule has 2 rings (SSSR count). The Balaban J connectivity index is 2.37. The van der Waals surface area contributed by atoms with Crippen LogP contribution in [0.4, 0.5) is 14.5 Å². The molecule has 0 saturated heterocycles. The molecule has 2 aromatic rings. The van der Waals surface area contributed by atoms with Crippen LogP contribution in [0, 0.1) is 18.6 Å². The third kappa shape index (κ3) is 7.51. The van der Waals surface area contributed by atoms with Crippen molar-refractivity contribution < 1.29 is 26.8 Å². The van der Waals surface area contributed by atoms with Gasteiger partial charge in [0, 0.05) is 19.2 Å². The summed E-state index contributed by atoms with van der Waals surface area (Å²) in [6, 6.07) is 9.09. The average Bonchev–Trinajstić information content (AvgIpc) is 2.76. The molecule has 0 aromatic heterocycles. The summed E-state index contributed by atoms with van der Waals surface area (Å²) in [5, 5.41) is 2.79. The van der Waals surface area contributed by atoms with Crippen LogP contribution < -0.4 is 9.62 Å². The highest BCUT2D eigenvalue weighted by Gasteiger charge is 2.30. The Morgan fingerprint density at radius 2 is 1.79 bits per heavy atom. The smallest absolute Gasteiger partial charge is 0.244 e. The van der Waals surface area contributed by atoms with Crippen molar-refractivity contribution in [2.75, 3.05) is 23.7 Å². The lowest BCUT2D eigenvalue weighted by Gasteiger charge is -2.31. The average molecular weight is 496 g/mol. The zero-order valence-electron chi connectivity index (χ0n) is 19.8. The maximum absolute atomic E-state index is 13.8. The lowest BCUT2D eigenvalue weighted by molar-refractivity contribution is -0.139. The molecule has 10 heteroatoms. The van der Waals surface area contributed by atoms with Crippen molar-refractivity contribution in [2.24, 2.45) is 0 Å². The van der Waals surface area contributed by atoms with E-state index < -0.39 is 40.2 Å². The van der Waals surface area contributed by atoms with E-state index in [1.54, 1.807) is 13.0 Å². The molecule has 1 N–H and O–H groups in total. The number of hydrogen-bond acceptors (Lipinski definition) is 4. The SMILES string of the molecule is CCCCNC(=O)C(C)N(Cc1cccc(C)c1)C(=O)CN(c1ccc(F)c(F)c1)S(C)(=O)=O. The molecule has 0 aliphatic heterocycles. The summed E-state index contributed by atoms with van der Waals surface area (Å²) >= 11 is 0. The van der Waals surface area contributed by atoms with Gasteiger partial charge in [-0.1, -0.05) is 43.2 Å². The number of anilines is 1. The van der Waals surface area contributed by atoms with Crippen LogP contribution in [0.15, 0.2) is 42.5 Å². The van der Waals surface area contributed by atoms with Crippen LogP contribution in [-0.4, -0.2) is 50.5 Å². The molecule has 34 heavy (non-hydrogen) atoms. The topological polar surface area (TPSA) is 86.8 Å². The van der Waals surface area contributed by atoms with E-state index in [9.17, 15) is 26.8 Å². The number of unbranched alkanes of at least 4 members (excludes halogenated alkanes) is 1. The van der Waals surface area contributed by atoms with Gasteiger partial charge in [0.1, 0.15) is 12.6 Å². The number of rotatable bonds is 11. The summed E-state index contributed by atoms with van der Waals surface area (Å²) in [6.45, 7) is 5.29. The Labute approximate surface area is 199 Å². The van der Waals surface area contributed by atoms with Crippen LogP contribution >= 0.6 is 0 Å². The van der Waals surface area contributed by atoms with Gasteiger partial charge in [-0.3, -0.25) is 13.9 Å². The Hall–Kier alpha value is -3.01. The predicted octanol–water partition coefficient (Wildman–Crippen LogP) is 3.37. The minimum absolute atomic E-state index is 0.0677. The van der Waals surface area contributed by atoms with Crippen molar-refractivity contribution in [1.82, 2.24) is 10.2 Å². The monoisotopic (exact) mass is 495 g/mol. The maximum Gasteiger partial charge on any atom is 0.244 e. The standard InChI is InChI=1S/C24H31F2N3O4S/c1-5-6-12-27-24(31)18(3)28(15-19-9-7-8-17(2)13-19)23(30)16-29(34(4,32)33)20-10-11-21(25)22(26)14-20/h7-11,13-14,18H,5-6,12,15-16H2,1-4H3,(H,27,31). The number of halogens is 2. The first kappa shape index (κ1) is 27.2. The lowest BCUT2D eigenvalue weighted by Crippen LogP contribution is -2.51. The number of nitrogens with one attached hydrogen (secondary N) is 1. The quantitative estimate of drug-likeness (QED) is 0.485. The molecule has 1 unspecified atom stereocenters. The molecule has 0 aliphatic rings. The van der Waals surface area contributed by atoms with Crippen LogP contribution in [0.25, 0.3) is 0 Å². The molecule has 0 spiro atoms. The molecule has 0 bridgehead atoms. The Morgan fingerprint density at radius 3 is 2.38 bits per heavy atom. The Kier molecular flexibility index (Phi) is 9.55. The summed E-state index contributed by atoms with van der Waals surface area (Å²) in [5.41, 5.74) is 1.54. The highest BCUT2D eigenvalue weighted by atomic mass is 32.2. The molecular formula is C24H31F2N3O4S. The number of carbonyl (C=O) groups excluding carboxylic acids is 2. The highest BCUT2D eigenvalue weighted by Crippen LogP contribution is 2.21. The molecule has 0 aliphatic carbocycles. The zero-order chi connectivity index (χ0) is 25.5. The van der Waals surface area contributed by atoms with Crippen LogP contribution in [0.3, 0.4) is 0 Å². The lowest BCUT2D eigenvalue weighted by atomic mass is 10.1. The number of benzene rings is 2. The van der Waals surface area contributed by atoms with E-state index in [2.05, 4.69) is 5.32 Å². The zero-order valence-corrected chi connectivity index (χ0v) is 20.7. The van der Waals surface area contributed by atoms with E-state index in [4.69, 9.17) is 0 Å². The van der Waals surface area contributed by atoms with Gasteiger partial charge in [-0.15, -0.1) is 0 Å². The largest absolute Gasteiger partial charge is 0.354 e. The summed E-state index contributed by atoms with van der Waals surface area (Å²) in [6.07, 6.45) is 2.54. The van der Waals surface area contributed by atoms with E-state index in [-0.39, 0.29) is 18.1 Å². The molecule has 186 valence electrons. The number of aryl methyl sites for hydroxylation is 1. The molecule has 1 atom stereocenters. The number of nitrogens with zero attached hydrogens (tertiary/aromatic N) is 2. The van der Waals surface area contributed by atoms with E-state index >= 15 is 0 Å². The molecule has 2 aromatic carbocycles. The van der Waals surface area contributed by atoms with Crippen molar-refractivity contribution in [3.8, 4) is 0 Å². The van der Waals surface area contributed by atoms with Crippen LogP contribution in [0.1, 0.15) is 37.8 Å². The minimum Gasteiger partial charge on any atom is -0.354 e. The number of sulfonamides is 1. The van der Waals surface area contributed by atoms with E-state index in [1.807, 2.05) is 32.0 Å². The van der Waals surface area contributed by atoms with Crippen molar-refractivity contribution in [3.63, 3.8) is 0 Å². The van der Waals surface area contributed by atoms with E-state index in [0.717, 1.165) is 48.4 Å². The van der Waals surface area contributed by atoms with Crippen molar-refractivity contribution in [1.29, 1.82) is 0 Å². The van der Waals surface area contributed by atoms with Gasteiger partial charge in [0.25, 0.3) is 0 Å². The molecule has 7 nitrogen and oxygen atoms in total. The minimum atomic E-state index is -4.02. The first-order valence-corrected chi connectivity index (χ1v) is 12.8.